The summed E-state index contributed by atoms with van der Waals surface area (Å²) in [6.07, 6.45) is 3.19. The Balaban J connectivity index is 0.000000168. The van der Waals surface area contributed by atoms with E-state index in [0.717, 1.165) is 16.5 Å². The number of carbonyl (C=O) groups excluding carboxylic acids is 2. The minimum absolute atomic E-state index is 0.0337. The van der Waals surface area contributed by atoms with Crippen LogP contribution in [0.25, 0.3) is 21.8 Å². The summed E-state index contributed by atoms with van der Waals surface area (Å²) in [5.41, 5.74) is 3.07. The summed E-state index contributed by atoms with van der Waals surface area (Å²) >= 11 is 0. The molecule has 0 unspecified atom stereocenters. The lowest BCUT2D eigenvalue weighted by atomic mass is 10.1. The van der Waals surface area contributed by atoms with Gasteiger partial charge in [-0.25, -0.2) is 8.78 Å². The molecule has 2 aromatic heterocycles. The Labute approximate surface area is 241 Å². The van der Waals surface area contributed by atoms with E-state index in [0.29, 0.717) is 29.5 Å². The van der Waals surface area contributed by atoms with E-state index in [9.17, 15) is 18.4 Å². The summed E-state index contributed by atoms with van der Waals surface area (Å²) in [7, 11) is 0. The monoisotopic (exact) mass is 560 g/mol. The molecule has 0 bridgehead atoms. The number of hydrogen-bond donors (Lipinski definition) is 2. The molecule has 4 aromatic carbocycles. The third-order valence-corrected chi connectivity index (χ3v) is 6.49. The van der Waals surface area contributed by atoms with Crippen molar-refractivity contribution in [2.45, 2.75) is 13.1 Å². The molecular weight excluding hydrogens is 534 g/mol. The van der Waals surface area contributed by atoms with Crippen molar-refractivity contribution in [2.24, 2.45) is 0 Å². The number of fused-ring (bicyclic) bond motifs is 2. The molecule has 2 N–H and O–H groups in total. The fraction of sp³-hybridized carbons (Fsp3) is 0.0588. The summed E-state index contributed by atoms with van der Waals surface area (Å²) < 4.78 is 28.3. The first-order valence-electron chi connectivity index (χ1n) is 13.2. The molecule has 6 aromatic rings. The number of benzene rings is 4. The maximum Gasteiger partial charge on any atom is 0.254 e. The van der Waals surface area contributed by atoms with Gasteiger partial charge in [-0.15, -0.1) is 0 Å². The molecule has 208 valence electrons. The number of aromatic nitrogens is 2. The number of halogens is 2. The van der Waals surface area contributed by atoms with E-state index in [1.165, 1.54) is 18.2 Å². The first-order chi connectivity index (χ1) is 20.5. The molecule has 2 heterocycles. The van der Waals surface area contributed by atoms with Crippen molar-refractivity contribution in [3.63, 3.8) is 0 Å². The number of nitrogens with zero attached hydrogens (tertiary/aromatic N) is 2. The Kier molecular flexibility index (Phi) is 8.84. The van der Waals surface area contributed by atoms with Crippen LogP contribution in [0.1, 0.15) is 31.8 Å². The number of nitrogens with one attached hydrogen (secondary N) is 2. The Morgan fingerprint density at radius 2 is 1.17 bits per heavy atom. The third kappa shape index (κ3) is 6.79. The number of amides is 2. The standard InChI is InChI=1S/2C17H13FN2O/c18-16-13-7-4-10-19-15(13)9-8-14(16)17(21)20-11-12-5-2-1-3-6-12;18-15-10-16-13(7-4-8-19-16)9-14(15)17(21)20-11-12-5-2-1-3-6-12/h2*1-10H,11H2,(H,20,21). The van der Waals surface area contributed by atoms with Crippen molar-refractivity contribution in [1.29, 1.82) is 0 Å². The lowest BCUT2D eigenvalue weighted by molar-refractivity contribution is 0.0938. The predicted molar refractivity (Wildman–Crippen MR) is 159 cm³/mol. The van der Waals surface area contributed by atoms with Crippen LogP contribution in [-0.4, -0.2) is 21.8 Å². The Morgan fingerprint density at radius 1 is 0.595 bits per heavy atom. The lowest BCUT2D eigenvalue weighted by Crippen LogP contribution is -2.23. The van der Waals surface area contributed by atoms with Gasteiger partial charge in [0.05, 0.1) is 22.2 Å². The zero-order valence-electron chi connectivity index (χ0n) is 22.4. The van der Waals surface area contributed by atoms with Gasteiger partial charge in [0.15, 0.2) is 0 Å². The molecule has 8 heteroatoms. The fourth-order valence-electron chi connectivity index (χ4n) is 4.31. The van der Waals surface area contributed by atoms with Crippen molar-refractivity contribution in [1.82, 2.24) is 20.6 Å². The summed E-state index contributed by atoms with van der Waals surface area (Å²) in [6, 6.07) is 31.7. The van der Waals surface area contributed by atoms with Gasteiger partial charge in [0, 0.05) is 42.3 Å². The van der Waals surface area contributed by atoms with Crippen LogP contribution in [0.4, 0.5) is 8.78 Å². The molecule has 0 atom stereocenters. The van der Waals surface area contributed by atoms with E-state index in [-0.39, 0.29) is 11.1 Å². The molecule has 2 amide bonds. The number of carbonyl (C=O) groups is 2. The first-order valence-corrected chi connectivity index (χ1v) is 13.2. The first kappa shape index (κ1) is 28.0. The Morgan fingerprint density at radius 3 is 1.81 bits per heavy atom. The summed E-state index contributed by atoms with van der Waals surface area (Å²) in [6.45, 7) is 0.731. The SMILES string of the molecule is O=C(NCc1ccccc1)c1cc2cccnc2cc1F.O=C(NCc1ccccc1)c1ccc2ncccc2c1F. The molecule has 0 spiro atoms. The van der Waals surface area contributed by atoms with Gasteiger partial charge in [-0.3, -0.25) is 19.6 Å². The van der Waals surface area contributed by atoms with Gasteiger partial charge in [-0.2, -0.15) is 0 Å². The number of hydrogen-bond acceptors (Lipinski definition) is 4. The molecule has 42 heavy (non-hydrogen) atoms. The second-order valence-corrected chi connectivity index (χ2v) is 9.36. The molecule has 0 aliphatic heterocycles. The Bertz CT molecular complexity index is 1790. The minimum Gasteiger partial charge on any atom is -0.348 e. The summed E-state index contributed by atoms with van der Waals surface area (Å²) in [4.78, 5) is 32.4. The molecule has 0 saturated heterocycles. The fourth-order valence-corrected chi connectivity index (χ4v) is 4.31. The highest BCUT2D eigenvalue weighted by Crippen LogP contribution is 2.20. The van der Waals surface area contributed by atoms with Crippen LogP contribution in [-0.2, 0) is 13.1 Å². The average Bonchev–Trinajstić information content (AvgIpc) is 3.04. The maximum atomic E-state index is 14.3. The van der Waals surface area contributed by atoms with Crippen LogP contribution >= 0.6 is 0 Å². The minimum atomic E-state index is -0.563. The maximum absolute atomic E-state index is 14.3. The second kappa shape index (κ2) is 13.2. The lowest BCUT2D eigenvalue weighted by Gasteiger charge is -2.08. The van der Waals surface area contributed by atoms with Crippen LogP contribution in [0.3, 0.4) is 0 Å². The van der Waals surface area contributed by atoms with Crippen molar-refractivity contribution >= 4 is 33.6 Å². The zero-order valence-corrected chi connectivity index (χ0v) is 22.4. The van der Waals surface area contributed by atoms with Crippen molar-refractivity contribution in [2.75, 3.05) is 0 Å². The largest absolute Gasteiger partial charge is 0.348 e. The van der Waals surface area contributed by atoms with Crippen LogP contribution in [0.2, 0.25) is 0 Å². The zero-order chi connectivity index (χ0) is 29.3. The van der Waals surface area contributed by atoms with Crippen molar-refractivity contribution in [3.05, 3.63) is 155 Å². The van der Waals surface area contributed by atoms with E-state index in [2.05, 4.69) is 20.6 Å². The van der Waals surface area contributed by atoms with Crippen LogP contribution in [0.15, 0.2) is 122 Å². The van der Waals surface area contributed by atoms with E-state index < -0.39 is 23.4 Å². The van der Waals surface area contributed by atoms with E-state index in [4.69, 9.17) is 0 Å². The molecule has 0 aliphatic rings. The number of pyridine rings is 2. The molecule has 0 saturated carbocycles. The highest BCUT2D eigenvalue weighted by molar-refractivity contribution is 5.99. The van der Waals surface area contributed by atoms with Gasteiger partial charge in [-0.1, -0.05) is 66.7 Å². The van der Waals surface area contributed by atoms with Gasteiger partial charge in [0.2, 0.25) is 0 Å². The van der Waals surface area contributed by atoms with E-state index >= 15 is 0 Å². The number of rotatable bonds is 6. The Hall–Kier alpha value is -5.50. The summed E-state index contributed by atoms with van der Waals surface area (Å²) in [5.74, 6) is -1.96. The molecule has 6 nitrogen and oxygen atoms in total. The molecule has 0 radical (unpaired) electrons. The topological polar surface area (TPSA) is 84.0 Å². The third-order valence-electron chi connectivity index (χ3n) is 6.49. The van der Waals surface area contributed by atoms with Gasteiger partial charge in [-0.05, 0) is 47.5 Å². The summed E-state index contributed by atoms with van der Waals surface area (Å²) in [5, 5.41) is 6.53. The quantitative estimate of drug-likeness (QED) is 0.240. The van der Waals surface area contributed by atoms with E-state index in [1.807, 2.05) is 60.7 Å². The average molecular weight is 561 g/mol. The van der Waals surface area contributed by atoms with Crippen LogP contribution in [0, 0.1) is 11.6 Å². The van der Waals surface area contributed by atoms with Crippen LogP contribution in [0.5, 0.6) is 0 Å². The molecule has 6 rings (SSSR count). The second-order valence-electron chi connectivity index (χ2n) is 9.36. The van der Waals surface area contributed by atoms with E-state index in [1.54, 1.807) is 42.7 Å². The smallest absolute Gasteiger partial charge is 0.254 e. The van der Waals surface area contributed by atoms with Crippen LogP contribution < -0.4 is 10.6 Å². The van der Waals surface area contributed by atoms with Gasteiger partial charge < -0.3 is 10.6 Å². The highest BCUT2D eigenvalue weighted by atomic mass is 19.1. The highest BCUT2D eigenvalue weighted by Gasteiger charge is 2.15. The van der Waals surface area contributed by atoms with Gasteiger partial charge in [0.25, 0.3) is 11.8 Å². The molecular formula is C34H26F2N4O2. The normalized spacial score (nSPS) is 10.5. The van der Waals surface area contributed by atoms with Gasteiger partial charge in [0.1, 0.15) is 11.6 Å². The predicted octanol–water partition coefficient (Wildman–Crippen LogP) is 6.61. The van der Waals surface area contributed by atoms with Crippen molar-refractivity contribution < 1.29 is 18.4 Å². The van der Waals surface area contributed by atoms with Crippen molar-refractivity contribution in [3.8, 4) is 0 Å². The van der Waals surface area contributed by atoms with Gasteiger partial charge >= 0.3 is 0 Å². The molecule has 0 aliphatic carbocycles. The molecule has 0 fully saturated rings.